The van der Waals surface area contributed by atoms with Gasteiger partial charge in [-0.2, -0.15) is 5.10 Å². The molecule has 0 radical (unpaired) electrons. The molecular weight excluding hydrogens is 476 g/mol. The quantitative estimate of drug-likeness (QED) is 0.352. The summed E-state index contributed by atoms with van der Waals surface area (Å²) in [6, 6.07) is 10.6. The van der Waals surface area contributed by atoms with Gasteiger partial charge in [-0.25, -0.2) is 4.98 Å². The van der Waals surface area contributed by atoms with E-state index in [9.17, 15) is 9.59 Å². The maximum Gasteiger partial charge on any atom is 0.281 e. The molecule has 4 rings (SSSR count). The predicted octanol–water partition coefficient (Wildman–Crippen LogP) is 3.76. The Bertz CT molecular complexity index is 1430. The zero-order valence-electron chi connectivity index (χ0n) is 21.2. The summed E-state index contributed by atoms with van der Waals surface area (Å²) in [7, 11) is 3.14. The zero-order valence-corrected chi connectivity index (χ0v) is 21.2. The van der Waals surface area contributed by atoms with E-state index in [1.807, 2.05) is 18.2 Å². The van der Waals surface area contributed by atoms with Crippen LogP contribution in [0.15, 0.2) is 55.0 Å². The topological polar surface area (TPSA) is 129 Å². The Morgan fingerprint density at radius 3 is 2.51 bits per heavy atom. The summed E-state index contributed by atoms with van der Waals surface area (Å²) >= 11 is 0. The Morgan fingerprint density at radius 1 is 1.05 bits per heavy atom. The largest absolute Gasteiger partial charge is 0.497 e. The number of hydrogen-bond donors (Lipinski definition) is 2. The highest BCUT2D eigenvalue weighted by atomic mass is 16.5. The van der Waals surface area contributed by atoms with Gasteiger partial charge in [-0.15, -0.1) is 0 Å². The number of rotatable bonds is 9. The van der Waals surface area contributed by atoms with E-state index in [-0.39, 0.29) is 17.4 Å². The molecule has 0 saturated carbocycles. The zero-order chi connectivity index (χ0) is 26.6. The fraction of sp³-hybridized carbons (Fsp3) is 0.269. The molecule has 4 aromatic rings. The highest BCUT2D eigenvalue weighted by Crippen LogP contribution is 2.31. The predicted molar refractivity (Wildman–Crippen MR) is 137 cm³/mol. The summed E-state index contributed by atoms with van der Waals surface area (Å²) in [5, 5.41) is 10.4. The second-order valence-corrected chi connectivity index (χ2v) is 8.49. The Labute approximate surface area is 213 Å². The van der Waals surface area contributed by atoms with Gasteiger partial charge in [0.15, 0.2) is 11.4 Å². The lowest BCUT2D eigenvalue weighted by Gasteiger charge is -2.22. The van der Waals surface area contributed by atoms with Gasteiger partial charge in [-0.05, 0) is 57.2 Å². The van der Waals surface area contributed by atoms with Gasteiger partial charge in [-0.1, -0.05) is 0 Å². The molecule has 0 aliphatic carbocycles. The van der Waals surface area contributed by atoms with E-state index in [0.29, 0.717) is 29.7 Å². The standard InChI is InChI=1S/C26H28N6O5/c1-6-36-21-15-32(26(2,3)25(34)27-4)31-23(21)24(33)30-22-10-8-17(14-29-22)37-20-11-12-28-19-9-7-16(35-5)13-18(19)20/h7-15H,6H2,1-5H3,(H,27,34)(H,29,30,33). The molecule has 11 nitrogen and oxygen atoms in total. The second-order valence-electron chi connectivity index (χ2n) is 8.49. The number of hydrogen-bond acceptors (Lipinski definition) is 8. The molecule has 192 valence electrons. The molecule has 3 heterocycles. The van der Waals surface area contributed by atoms with Gasteiger partial charge in [0.1, 0.15) is 28.6 Å². The van der Waals surface area contributed by atoms with Crippen LogP contribution in [-0.2, 0) is 10.3 Å². The van der Waals surface area contributed by atoms with Crippen LogP contribution in [0.5, 0.6) is 23.0 Å². The highest BCUT2D eigenvalue weighted by Gasteiger charge is 2.32. The van der Waals surface area contributed by atoms with E-state index in [4.69, 9.17) is 14.2 Å². The minimum Gasteiger partial charge on any atom is -0.497 e. The van der Waals surface area contributed by atoms with E-state index in [1.54, 1.807) is 52.3 Å². The van der Waals surface area contributed by atoms with Crippen molar-refractivity contribution in [2.45, 2.75) is 26.3 Å². The van der Waals surface area contributed by atoms with Crippen molar-refractivity contribution in [3.05, 3.63) is 60.7 Å². The average Bonchev–Trinajstić information content (AvgIpc) is 3.34. The number of amides is 2. The van der Waals surface area contributed by atoms with Crippen molar-refractivity contribution in [3.8, 4) is 23.0 Å². The first-order chi connectivity index (χ1) is 17.8. The van der Waals surface area contributed by atoms with Crippen LogP contribution >= 0.6 is 0 Å². The summed E-state index contributed by atoms with van der Waals surface area (Å²) in [6.45, 7) is 5.51. The molecule has 0 fully saturated rings. The molecule has 3 aromatic heterocycles. The number of fused-ring (bicyclic) bond motifs is 1. The number of benzene rings is 1. The molecule has 1 aromatic carbocycles. The Hall–Kier alpha value is -4.67. The average molecular weight is 505 g/mol. The third kappa shape index (κ3) is 5.30. The van der Waals surface area contributed by atoms with E-state index in [1.165, 1.54) is 24.1 Å². The summed E-state index contributed by atoms with van der Waals surface area (Å²) in [5.41, 5.74) is -0.227. The van der Waals surface area contributed by atoms with Crippen LogP contribution in [-0.4, -0.2) is 52.3 Å². The third-order valence-corrected chi connectivity index (χ3v) is 5.67. The number of methoxy groups -OCH3 is 1. The van der Waals surface area contributed by atoms with Crippen LogP contribution in [0.4, 0.5) is 5.82 Å². The normalized spacial score (nSPS) is 11.2. The molecule has 37 heavy (non-hydrogen) atoms. The summed E-state index contributed by atoms with van der Waals surface area (Å²) < 4.78 is 18.3. The third-order valence-electron chi connectivity index (χ3n) is 5.67. The van der Waals surface area contributed by atoms with Crippen molar-refractivity contribution in [2.24, 2.45) is 0 Å². The lowest BCUT2D eigenvalue weighted by atomic mass is 10.1. The number of nitrogens with zero attached hydrogens (tertiary/aromatic N) is 4. The SMILES string of the molecule is CCOc1cn(C(C)(C)C(=O)NC)nc1C(=O)Nc1ccc(Oc2ccnc3ccc(OC)cc23)cn1. The number of pyridine rings is 2. The first-order valence-corrected chi connectivity index (χ1v) is 11.6. The Morgan fingerprint density at radius 2 is 1.84 bits per heavy atom. The molecule has 2 amide bonds. The van der Waals surface area contributed by atoms with Crippen molar-refractivity contribution >= 4 is 28.5 Å². The fourth-order valence-corrected chi connectivity index (χ4v) is 3.61. The number of likely N-dealkylation sites (N-methyl/N-ethyl adjacent to an activating group) is 1. The van der Waals surface area contributed by atoms with Gasteiger partial charge in [-0.3, -0.25) is 19.3 Å². The lowest BCUT2D eigenvalue weighted by Crippen LogP contribution is -2.43. The maximum atomic E-state index is 13.0. The first kappa shape index (κ1) is 25.4. The van der Waals surface area contributed by atoms with Crippen molar-refractivity contribution in [2.75, 3.05) is 26.1 Å². The smallest absolute Gasteiger partial charge is 0.281 e. The van der Waals surface area contributed by atoms with Gasteiger partial charge in [0.25, 0.3) is 5.91 Å². The van der Waals surface area contributed by atoms with Crippen LogP contribution in [0, 0.1) is 0 Å². The van der Waals surface area contributed by atoms with Crippen LogP contribution in [0.1, 0.15) is 31.3 Å². The number of carbonyl (C=O) groups excluding carboxylic acids is 2. The van der Waals surface area contributed by atoms with Crippen molar-refractivity contribution < 1.29 is 23.8 Å². The van der Waals surface area contributed by atoms with E-state index in [2.05, 4.69) is 25.7 Å². The molecule has 2 N–H and O–H groups in total. The minimum absolute atomic E-state index is 0.0400. The van der Waals surface area contributed by atoms with Crippen LogP contribution in [0.3, 0.4) is 0 Å². The number of aromatic nitrogens is 4. The number of anilines is 1. The molecule has 11 heteroatoms. The summed E-state index contributed by atoms with van der Waals surface area (Å²) in [4.78, 5) is 33.9. The van der Waals surface area contributed by atoms with Gasteiger partial charge in [0.2, 0.25) is 5.91 Å². The summed E-state index contributed by atoms with van der Waals surface area (Å²) in [6.07, 6.45) is 4.69. The van der Waals surface area contributed by atoms with Gasteiger partial charge in [0.05, 0.1) is 31.6 Å². The van der Waals surface area contributed by atoms with E-state index < -0.39 is 11.4 Å². The molecule has 0 atom stereocenters. The van der Waals surface area contributed by atoms with Gasteiger partial charge < -0.3 is 24.8 Å². The molecule has 0 spiro atoms. The van der Waals surface area contributed by atoms with Crippen molar-refractivity contribution in [1.29, 1.82) is 0 Å². The molecule has 0 aliphatic heterocycles. The first-order valence-electron chi connectivity index (χ1n) is 11.6. The van der Waals surface area contributed by atoms with E-state index >= 15 is 0 Å². The van der Waals surface area contributed by atoms with Gasteiger partial charge >= 0.3 is 0 Å². The molecule has 0 saturated heterocycles. The van der Waals surface area contributed by atoms with Crippen molar-refractivity contribution in [1.82, 2.24) is 25.1 Å². The van der Waals surface area contributed by atoms with Crippen LogP contribution < -0.4 is 24.8 Å². The molecular formula is C26H28N6O5. The van der Waals surface area contributed by atoms with E-state index in [0.717, 1.165) is 10.9 Å². The number of carbonyl (C=O) groups is 2. The summed E-state index contributed by atoms with van der Waals surface area (Å²) in [5.74, 6) is 1.52. The fourth-order valence-electron chi connectivity index (χ4n) is 3.61. The molecule has 0 bridgehead atoms. The molecule has 0 unspecified atom stereocenters. The second kappa shape index (κ2) is 10.5. The Kier molecular flexibility index (Phi) is 7.23. The maximum absolute atomic E-state index is 13.0. The number of ether oxygens (including phenoxy) is 3. The highest BCUT2D eigenvalue weighted by molar-refractivity contribution is 6.04. The van der Waals surface area contributed by atoms with Crippen molar-refractivity contribution in [3.63, 3.8) is 0 Å². The van der Waals surface area contributed by atoms with Gasteiger partial charge in [0, 0.05) is 18.6 Å². The van der Waals surface area contributed by atoms with Crippen LogP contribution in [0.25, 0.3) is 10.9 Å². The molecule has 0 aliphatic rings. The monoisotopic (exact) mass is 504 g/mol. The lowest BCUT2D eigenvalue weighted by molar-refractivity contribution is -0.128. The Balaban J connectivity index is 1.52. The minimum atomic E-state index is -1.03. The number of nitrogens with one attached hydrogen (secondary N) is 2. The van der Waals surface area contributed by atoms with Crippen LogP contribution in [0.2, 0.25) is 0 Å².